The summed E-state index contributed by atoms with van der Waals surface area (Å²) in [7, 11) is 0. The predicted octanol–water partition coefficient (Wildman–Crippen LogP) is 7.32. The molecule has 3 aromatic carbocycles. The van der Waals surface area contributed by atoms with Gasteiger partial charge in [-0.3, -0.25) is 4.79 Å². The van der Waals surface area contributed by atoms with E-state index in [1.807, 2.05) is 85.5 Å². The van der Waals surface area contributed by atoms with Gasteiger partial charge in [0.1, 0.15) is 11.3 Å². The molecule has 4 aromatic rings. The maximum atomic E-state index is 14.2. The largest absolute Gasteiger partial charge is 0.480 e. The molecular weight excluding hydrogens is 562 g/mol. The van der Waals surface area contributed by atoms with Crippen molar-refractivity contribution in [1.29, 1.82) is 0 Å². The number of rotatable bonds is 6. The van der Waals surface area contributed by atoms with Gasteiger partial charge in [0.25, 0.3) is 5.91 Å². The summed E-state index contributed by atoms with van der Waals surface area (Å²) in [6.07, 6.45) is 3.80. The number of hydrogen-bond acceptors (Lipinski definition) is 5. The van der Waals surface area contributed by atoms with E-state index in [0.29, 0.717) is 46.7 Å². The van der Waals surface area contributed by atoms with Crippen molar-refractivity contribution >= 4 is 28.5 Å². The van der Waals surface area contributed by atoms with Crippen molar-refractivity contribution in [2.24, 2.45) is 5.92 Å². The van der Waals surface area contributed by atoms with Gasteiger partial charge in [0.15, 0.2) is 6.10 Å². The lowest BCUT2D eigenvalue weighted by molar-refractivity contribution is -0.161. The van der Waals surface area contributed by atoms with Crippen molar-refractivity contribution in [3.05, 3.63) is 110 Å². The van der Waals surface area contributed by atoms with Gasteiger partial charge in [-0.1, -0.05) is 66.9 Å². The van der Waals surface area contributed by atoms with E-state index in [9.17, 15) is 14.7 Å². The molecule has 2 heterocycles. The Hall–Kier alpha value is -3.61. The van der Waals surface area contributed by atoms with Crippen molar-refractivity contribution in [3.8, 4) is 5.75 Å². The number of carbonyl (C=O) groups is 1. The summed E-state index contributed by atoms with van der Waals surface area (Å²) < 4.78 is 12.3. The first-order valence-electron chi connectivity index (χ1n) is 15.2. The van der Waals surface area contributed by atoms with Gasteiger partial charge in [0.05, 0.1) is 17.0 Å². The van der Waals surface area contributed by atoms with Crippen LogP contribution >= 0.6 is 11.6 Å². The van der Waals surface area contributed by atoms with E-state index in [2.05, 4.69) is 0 Å². The minimum Gasteiger partial charge on any atom is -0.480 e. The van der Waals surface area contributed by atoms with Crippen LogP contribution in [-0.4, -0.2) is 34.2 Å². The second kappa shape index (κ2) is 11.8. The van der Waals surface area contributed by atoms with Crippen LogP contribution in [0.25, 0.3) is 11.0 Å². The summed E-state index contributed by atoms with van der Waals surface area (Å²) in [5, 5.41) is 13.0. The summed E-state index contributed by atoms with van der Waals surface area (Å²) in [4.78, 5) is 29.2. The fraction of sp³-hybridized carbons (Fsp3) is 0.389. The normalized spacial score (nSPS) is 22.7. The van der Waals surface area contributed by atoms with Crippen LogP contribution in [0.1, 0.15) is 72.9 Å². The number of fused-ring (bicyclic) bond motifs is 2. The predicted molar refractivity (Wildman–Crippen MR) is 169 cm³/mol. The molecule has 43 heavy (non-hydrogen) atoms. The Balaban J connectivity index is 1.34. The molecule has 224 valence electrons. The first kappa shape index (κ1) is 29.5. The van der Waals surface area contributed by atoms with Gasteiger partial charge in [-0.05, 0) is 86.6 Å². The molecule has 1 amide bonds. The van der Waals surface area contributed by atoms with E-state index in [0.717, 1.165) is 47.9 Å². The standard InChI is InChI=1S/C36H38ClNO5/c1-22-19-30(32-23(2)28(35(40)43-31(32)20-22)21-25-9-5-4-6-10-25)42-24(3)34(39)38-18-17-36(41)16-8-7-11-29(36)33(38)26-12-14-27(37)15-13-26/h4-6,9-10,12-15,19-20,24,29,33,41H,7-8,11,16-18,21H2,1-3H3/t24?,29?,33-,36?/m0/s1. The van der Waals surface area contributed by atoms with Crippen LogP contribution in [0.15, 0.2) is 75.9 Å². The number of carbonyl (C=O) groups excluding carboxylic acids is 1. The maximum absolute atomic E-state index is 14.2. The first-order valence-corrected chi connectivity index (χ1v) is 15.6. The van der Waals surface area contributed by atoms with Crippen molar-refractivity contribution in [2.45, 2.75) is 77.0 Å². The highest BCUT2D eigenvalue weighted by Crippen LogP contribution is 2.49. The summed E-state index contributed by atoms with van der Waals surface area (Å²) in [5.41, 5.74) is 3.49. The number of likely N-dealkylation sites (tertiary alicyclic amines) is 1. The molecule has 1 aliphatic carbocycles. The van der Waals surface area contributed by atoms with Crippen LogP contribution in [0, 0.1) is 19.8 Å². The van der Waals surface area contributed by atoms with Crippen molar-refractivity contribution in [3.63, 3.8) is 0 Å². The SMILES string of the molecule is Cc1cc(OC(C)C(=O)N2CCC3(O)CCCCC3[C@@H]2c2ccc(Cl)cc2)c2c(C)c(Cc3ccccc3)c(=O)oc2c1. The number of halogens is 1. The average molecular weight is 600 g/mol. The minimum atomic E-state index is -0.807. The molecule has 6 rings (SSSR count). The second-order valence-electron chi connectivity index (χ2n) is 12.3. The zero-order chi connectivity index (χ0) is 30.3. The number of aliphatic hydroxyl groups is 1. The molecule has 1 aliphatic heterocycles. The quantitative estimate of drug-likeness (QED) is 0.235. The van der Waals surface area contributed by atoms with Crippen molar-refractivity contribution in [1.82, 2.24) is 4.90 Å². The molecule has 1 N–H and O–H groups in total. The number of ether oxygens (including phenoxy) is 1. The molecule has 1 saturated carbocycles. The van der Waals surface area contributed by atoms with Gasteiger partial charge < -0.3 is 19.2 Å². The molecule has 1 aromatic heterocycles. The lowest BCUT2D eigenvalue weighted by Crippen LogP contribution is -2.58. The minimum absolute atomic E-state index is 0.0656. The Morgan fingerprint density at radius 2 is 1.84 bits per heavy atom. The summed E-state index contributed by atoms with van der Waals surface area (Å²) in [6, 6.07) is 20.9. The zero-order valence-electron chi connectivity index (χ0n) is 24.9. The van der Waals surface area contributed by atoms with Crippen molar-refractivity contribution < 1.29 is 19.1 Å². The van der Waals surface area contributed by atoms with Crippen LogP contribution in [0.3, 0.4) is 0 Å². The number of benzene rings is 3. The first-order chi connectivity index (χ1) is 20.6. The highest BCUT2D eigenvalue weighted by Gasteiger charge is 2.50. The van der Waals surface area contributed by atoms with E-state index in [4.69, 9.17) is 20.8 Å². The summed E-state index contributed by atoms with van der Waals surface area (Å²) in [5.74, 6) is 0.312. The topological polar surface area (TPSA) is 80.0 Å². The molecule has 1 saturated heterocycles. The molecule has 4 atom stereocenters. The highest BCUT2D eigenvalue weighted by molar-refractivity contribution is 6.30. The monoisotopic (exact) mass is 599 g/mol. The molecule has 3 unspecified atom stereocenters. The zero-order valence-corrected chi connectivity index (χ0v) is 25.7. The van der Waals surface area contributed by atoms with Crippen molar-refractivity contribution in [2.75, 3.05) is 6.54 Å². The Labute approximate surface area is 257 Å². The molecular formula is C36H38ClNO5. The average Bonchev–Trinajstić information content (AvgIpc) is 2.98. The van der Waals surface area contributed by atoms with Gasteiger partial charge in [-0.2, -0.15) is 0 Å². The van der Waals surface area contributed by atoms with E-state index in [1.165, 1.54) is 0 Å². The third kappa shape index (κ3) is 5.71. The Bertz CT molecular complexity index is 1700. The molecule has 2 fully saturated rings. The molecule has 6 nitrogen and oxygen atoms in total. The molecule has 0 radical (unpaired) electrons. The lowest BCUT2D eigenvalue weighted by Gasteiger charge is -2.53. The molecule has 0 bridgehead atoms. The number of amides is 1. The van der Waals surface area contributed by atoms with E-state index >= 15 is 0 Å². The highest BCUT2D eigenvalue weighted by atomic mass is 35.5. The fourth-order valence-corrected chi connectivity index (χ4v) is 7.34. The molecule has 2 aliphatic rings. The maximum Gasteiger partial charge on any atom is 0.340 e. The number of hydrogen-bond donors (Lipinski definition) is 1. The Kier molecular flexibility index (Phi) is 8.10. The Morgan fingerprint density at radius 1 is 1.09 bits per heavy atom. The number of piperidine rings is 1. The van der Waals surface area contributed by atoms with Gasteiger partial charge in [-0.25, -0.2) is 4.79 Å². The van der Waals surface area contributed by atoms with Crippen LogP contribution in [0.4, 0.5) is 0 Å². The third-order valence-corrected chi connectivity index (χ3v) is 9.68. The van der Waals surface area contributed by atoms with Crippen LogP contribution in [-0.2, 0) is 11.2 Å². The van der Waals surface area contributed by atoms with E-state index in [-0.39, 0.29) is 23.5 Å². The van der Waals surface area contributed by atoms with Gasteiger partial charge in [-0.15, -0.1) is 0 Å². The van der Waals surface area contributed by atoms with Gasteiger partial charge in [0, 0.05) is 29.5 Å². The van der Waals surface area contributed by atoms with Crippen LogP contribution < -0.4 is 10.4 Å². The molecule has 7 heteroatoms. The number of aryl methyl sites for hydroxylation is 2. The van der Waals surface area contributed by atoms with Crippen LogP contribution in [0.2, 0.25) is 5.02 Å². The van der Waals surface area contributed by atoms with E-state index < -0.39 is 11.7 Å². The van der Waals surface area contributed by atoms with E-state index in [1.54, 1.807) is 6.92 Å². The fourth-order valence-electron chi connectivity index (χ4n) is 7.21. The third-order valence-electron chi connectivity index (χ3n) is 9.42. The lowest BCUT2D eigenvalue weighted by atomic mass is 9.66. The molecule has 0 spiro atoms. The van der Waals surface area contributed by atoms with Gasteiger partial charge >= 0.3 is 5.63 Å². The second-order valence-corrected chi connectivity index (χ2v) is 12.7. The smallest absolute Gasteiger partial charge is 0.340 e. The Morgan fingerprint density at radius 3 is 2.58 bits per heavy atom. The van der Waals surface area contributed by atoms with Crippen LogP contribution in [0.5, 0.6) is 5.75 Å². The number of nitrogens with zero attached hydrogens (tertiary/aromatic N) is 1. The van der Waals surface area contributed by atoms with Gasteiger partial charge in [0.2, 0.25) is 0 Å². The summed E-state index contributed by atoms with van der Waals surface area (Å²) >= 11 is 6.22. The summed E-state index contributed by atoms with van der Waals surface area (Å²) in [6.45, 7) is 6.04.